The Bertz CT molecular complexity index is 553. The number of carbonyl (C=O) groups excluding carboxylic acids is 1. The zero-order chi connectivity index (χ0) is 15.3. The van der Waals surface area contributed by atoms with Gasteiger partial charge in [0, 0.05) is 15.2 Å². The maximum Gasteiger partial charge on any atom is 0.171 e. The highest BCUT2D eigenvalue weighted by Crippen LogP contribution is 2.65. The molecule has 1 nitrogen and oxygen atoms in total. The Hall–Kier alpha value is 0.420. The normalized spacial score (nSPS) is 23.2. The summed E-state index contributed by atoms with van der Waals surface area (Å²) in [5, 5.41) is 0. The summed E-state index contributed by atoms with van der Waals surface area (Å²) in [4.78, 5) is 15.5. The summed E-state index contributed by atoms with van der Waals surface area (Å²) in [7, 11) is 3.91. The molecule has 0 N–H and O–H groups in total. The van der Waals surface area contributed by atoms with E-state index in [1.54, 1.807) is 11.8 Å². The average Bonchev–Trinajstić information content (AvgIpc) is 2.81. The van der Waals surface area contributed by atoms with E-state index in [0.29, 0.717) is 0 Å². The Kier molecular flexibility index (Phi) is 4.67. The highest BCUT2D eigenvalue weighted by molar-refractivity contribution is 9.18. The number of Topliss-reactive ketones (excluding diaryl/α,β-unsaturated/α-hetero) is 1. The third kappa shape index (κ3) is 3.11. The lowest BCUT2D eigenvalue weighted by Crippen LogP contribution is -2.25. The molecule has 0 spiro atoms. The minimum Gasteiger partial charge on any atom is -0.293 e. The third-order valence-corrected chi connectivity index (χ3v) is 11.2. The minimum absolute atomic E-state index is 0.0818. The topological polar surface area (TPSA) is 17.1 Å². The van der Waals surface area contributed by atoms with Crippen molar-refractivity contribution in [2.24, 2.45) is 10.8 Å². The molecule has 0 aromatic rings. The summed E-state index contributed by atoms with van der Waals surface area (Å²) in [6, 6.07) is 0. The highest BCUT2D eigenvalue weighted by Gasteiger charge is 2.38. The van der Waals surface area contributed by atoms with E-state index in [1.807, 2.05) is 42.4 Å². The molecule has 5 heteroatoms. The van der Waals surface area contributed by atoms with Gasteiger partial charge < -0.3 is 0 Å². The van der Waals surface area contributed by atoms with E-state index in [9.17, 15) is 4.79 Å². The number of hydrogen-bond donors (Lipinski definition) is 0. The number of hydrogen-bond acceptors (Lipinski definition) is 4. The van der Waals surface area contributed by atoms with Crippen LogP contribution in [0.4, 0.5) is 0 Å². The fraction of sp³-hybridized carbons (Fsp3) is 0.600. The van der Waals surface area contributed by atoms with E-state index in [1.165, 1.54) is 14.0 Å². The summed E-state index contributed by atoms with van der Waals surface area (Å²) in [6.45, 7) is 12.8. The van der Waals surface area contributed by atoms with Gasteiger partial charge in [-0.05, 0) is 28.5 Å². The van der Waals surface area contributed by atoms with Gasteiger partial charge in [-0.25, -0.2) is 0 Å². The van der Waals surface area contributed by atoms with Crippen molar-refractivity contribution in [1.82, 2.24) is 0 Å². The molecule has 0 aliphatic carbocycles. The molecule has 0 radical (unpaired) electrons. The van der Waals surface area contributed by atoms with Crippen molar-refractivity contribution in [2.75, 3.05) is 6.26 Å². The molecule has 0 bridgehead atoms. The second kappa shape index (κ2) is 5.56. The molecule has 0 aromatic carbocycles. The molecule has 1 unspecified atom stereocenters. The second-order valence-electron chi connectivity index (χ2n) is 6.97. The number of ketones is 1. The zero-order valence-electron chi connectivity index (χ0n) is 13.1. The van der Waals surface area contributed by atoms with Crippen LogP contribution >= 0.6 is 41.9 Å². The van der Waals surface area contributed by atoms with E-state index >= 15 is 0 Å². The van der Waals surface area contributed by atoms with Crippen molar-refractivity contribution < 1.29 is 4.79 Å². The summed E-state index contributed by atoms with van der Waals surface area (Å²) in [5.41, 5.74) is 0.849. The molecule has 0 fully saturated rings. The standard InChI is InChI=1S/C15H22OS4/c1-14(2,3)10-8-9-11(12(16)15(4,5)6)13(17-7)19-20(9)18-10/h8H,1-7H3. The van der Waals surface area contributed by atoms with Crippen molar-refractivity contribution in [1.29, 1.82) is 0 Å². The molecular formula is C15H22OS4. The first-order valence-electron chi connectivity index (χ1n) is 6.59. The number of rotatable bonds is 2. The molecule has 2 rings (SSSR count). The molecule has 0 aromatic heterocycles. The molecule has 112 valence electrons. The van der Waals surface area contributed by atoms with Gasteiger partial charge >= 0.3 is 0 Å². The van der Waals surface area contributed by atoms with Crippen LogP contribution in [0.25, 0.3) is 0 Å². The van der Waals surface area contributed by atoms with Crippen LogP contribution in [0.5, 0.6) is 0 Å². The molecule has 0 saturated carbocycles. The highest BCUT2D eigenvalue weighted by atomic mass is 33.5. The summed E-state index contributed by atoms with van der Waals surface area (Å²) in [5.74, 6) is 0.284. The van der Waals surface area contributed by atoms with E-state index in [0.717, 1.165) is 5.57 Å². The van der Waals surface area contributed by atoms with Gasteiger partial charge in [-0.2, -0.15) is 0 Å². The maximum atomic E-state index is 12.8. The van der Waals surface area contributed by atoms with Crippen LogP contribution in [0.15, 0.2) is 20.8 Å². The van der Waals surface area contributed by atoms with Crippen LogP contribution < -0.4 is 0 Å². The van der Waals surface area contributed by atoms with Crippen LogP contribution in [0.3, 0.4) is 0 Å². The molecule has 0 amide bonds. The van der Waals surface area contributed by atoms with Gasteiger partial charge in [-0.3, -0.25) is 4.79 Å². The van der Waals surface area contributed by atoms with E-state index in [4.69, 9.17) is 0 Å². The lowest BCUT2D eigenvalue weighted by atomic mass is 9.85. The van der Waals surface area contributed by atoms with Crippen LogP contribution in [-0.2, 0) is 4.79 Å². The van der Waals surface area contributed by atoms with Gasteiger partial charge in [0.05, 0.1) is 9.81 Å². The van der Waals surface area contributed by atoms with Crippen molar-refractivity contribution in [3.05, 3.63) is 20.8 Å². The predicted octanol–water partition coefficient (Wildman–Crippen LogP) is 5.87. The van der Waals surface area contributed by atoms with Gasteiger partial charge in [0.1, 0.15) is 0 Å². The fourth-order valence-corrected chi connectivity index (χ4v) is 11.1. The maximum absolute atomic E-state index is 12.8. The predicted molar refractivity (Wildman–Crippen MR) is 100 cm³/mol. The molecule has 0 saturated heterocycles. The monoisotopic (exact) mass is 346 g/mol. The average molecular weight is 347 g/mol. The largest absolute Gasteiger partial charge is 0.293 e. The first-order valence-corrected chi connectivity index (χ1v) is 11.7. The first kappa shape index (κ1) is 16.8. The van der Waals surface area contributed by atoms with Crippen molar-refractivity contribution in [2.45, 2.75) is 41.5 Å². The van der Waals surface area contributed by atoms with Gasteiger partial charge in [0.15, 0.2) is 5.78 Å². The lowest BCUT2D eigenvalue weighted by molar-refractivity contribution is -0.121. The summed E-state index contributed by atoms with van der Waals surface area (Å²) in [6.07, 6.45) is 4.35. The molecule has 2 heterocycles. The smallest absolute Gasteiger partial charge is 0.171 e. The van der Waals surface area contributed by atoms with Gasteiger partial charge in [0.2, 0.25) is 0 Å². The summed E-state index contributed by atoms with van der Waals surface area (Å²) >= 11 is 1.72. The third-order valence-electron chi connectivity index (χ3n) is 3.04. The quantitative estimate of drug-likeness (QED) is 0.459. The second-order valence-corrected chi connectivity index (χ2v) is 13.8. The van der Waals surface area contributed by atoms with Crippen LogP contribution in [0.1, 0.15) is 41.5 Å². The number of allylic oxidation sites excluding steroid dienone is 3. The van der Waals surface area contributed by atoms with Crippen LogP contribution in [0.2, 0.25) is 0 Å². The number of carbonyl (C=O) groups is 1. The van der Waals surface area contributed by atoms with Gasteiger partial charge in [0.25, 0.3) is 0 Å². The van der Waals surface area contributed by atoms with Crippen LogP contribution in [-0.4, -0.2) is 16.9 Å². The minimum atomic E-state index is -0.313. The fourth-order valence-electron chi connectivity index (χ4n) is 1.80. The Morgan fingerprint density at radius 2 is 1.75 bits per heavy atom. The molecule has 2 aliphatic rings. The molecule has 20 heavy (non-hydrogen) atoms. The van der Waals surface area contributed by atoms with E-state index in [-0.39, 0.29) is 25.2 Å². The van der Waals surface area contributed by atoms with Crippen molar-refractivity contribution in [3.63, 3.8) is 0 Å². The Balaban J connectivity index is 2.43. The molecule has 1 atom stereocenters. The Morgan fingerprint density at radius 1 is 1.15 bits per heavy atom. The zero-order valence-corrected chi connectivity index (χ0v) is 16.4. The number of thioether (sulfide) groups is 1. The van der Waals surface area contributed by atoms with Crippen LogP contribution in [0, 0.1) is 10.8 Å². The van der Waals surface area contributed by atoms with Gasteiger partial charge in [-0.15, -0.1) is 11.8 Å². The molecular weight excluding hydrogens is 324 g/mol. The summed E-state index contributed by atoms with van der Waals surface area (Å²) < 4.78 is 1.21. The lowest BCUT2D eigenvalue weighted by Gasteiger charge is -2.21. The SMILES string of the molecule is CSC1=C(C(=O)C(C)(C)C)C2=S(SC(C(C)(C)C)=C2)S1. The Morgan fingerprint density at radius 3 is 2.20 bits per heavy atom. The first-order chi connectivity index (χ1) is 9.05. The Labute approximate surface area is 136 Å². The van der Waals surface area contributed by atoms with E-state index < -0.39 is 0 Å². The van der Waals surface area contributed by atoms with Gasteiger partial charge in [-0.1, -0.05) is 60.9 Å². The van der Waals surface area contributed by atoms with E-state index in [2.05, 4.69) is 33.1 Å². The molecule has 2 aliphatic heterocycles. The van der Waals surface area contributed by atoms with Crippen molar-refractivity contribution >= 4 is 52.5 Å². The van der Waals surface area contributed by atoms with Crippen molar-refractivity contribution in [3.8, 4) is 0 Å².